The lowest BCUT2D eigenvalue weighted by Gasteiger charge is -2.33. The highest BCUT2D eigenvalue weighted by Gasteiger charge is 2.32. The Morgan fingerprint density at radius 3 is 2.15 bits per heavy atom. The van der Waals surface area contributed by atoms with Crippen molar-refractivity contribution in [1.82, 2.24) is 10.2 Å². The van der Waals surface area contributed by atoms with Gasteiger partial charge in [-0.3, -0.25) is 13.9 Å². The van der Waals surface area contributed by atoms with Gasteiger partial charge in [-0.05, 0) is 50.3 Å². The number of anilines is 1. The fourth-order valence-corrected chi connectivity index (χ4v) is 4.80. The normalized spacial score (nSPS) is 12.3. The summed E-state index contributed by atoms with van der Waals surface area (Å²) in [5.74, 6) is -0.642. The van der Waals surface area contributed by atoms with Crippen molar-refractivity contribution < 1.29 is 18.0 Å². The number of benzene rings is 2. The maximum absolute atomic E-state index is 13.6. The summed E-state index contributed by atoms with van der Waals surface area (Å²) in [4.78, 5) is 28.1. The van der Waals surface area contributed by atoms with Gasteiger partial charge < -0.3 is 10.2 Å². The molecule has 0 fully saturated rings. The van der Waals surface area contributed by atoms with Crippen LogP contribution in [0.2, 0.25) is 0 Å². The molecular formula is C26H37N3O4S. The highest BCUT2D eigenvalue weighted by Crippen LogP contribution is 2.24. The highest BCUT2D eigenvalue weighted by molar-refractivity contribution is 7.92. The topological polar surface area (TPSA) is 86.8 Å². The Labute approximate surface area is 204 Å². The van der Waals surface area contributed by atoms with Crippen LogP contribution >= 0.6 is 0 Å². The molecular weight excluding hydrogens is 450 g/mol. The van der Waals surface area contributed by atoms with Gasteiger partial charge in [0.2, 0.25) is 21.8 Å². The average molecular weight is 488 g/mol. The molecule has 2 amide bonds. The molecule has 186 valence electrons. The average Bonchev–Trinajstić information content (AvgIpc) is 2.79. The van der Waals surface area contributed by atoms with Crippen LogP contribution in [0.1, 0.15) is 45.2 Å². The van der Waals surface area contributed by atoms with Gasteiger partial charge in [0, 0.05) is 12.6 Å². The molecule has 2 aromatic carbocycles. The van der Waals surface area contributed by atoms with Crippen LogP contribution < -0.4 is 9.62 Å². The molecule has 0 spiro atoms. The first kappa shape index (κ1) is 27.4. The van der Waals surface area contributed by atoms with E-state index in [0.717, 1.165) is 21.7 Å². The van der Waals surface area contributed by atoms with Crippen molar-refractivity contribution in [2.24, 2.45) is 0 Å². The number of para-hydroxylation sites is 1. The Kier molecular flexibility index (Phi) is 10.1. The Bertz CT molecular complexity index is 1050. The lowest BCUT2D eigenvalue weighted by Crippen LogP contribution is -2.54. The molecule has 0 aliphatic heterocycles. The number of nitrogens with one attached hydrogen (secondary N) is 1. The molecule has 0 aliphatic carbocycles. The summed E-state index contributed by atoms with van der Waals surface area (Å²) < 4.78 is 26.6. The van der Waals surface area contributed by atoms with Crippen LogP contribution in [-0.4, -0.2) is 56.6 Å². The summed E-state index contributed by atoms with van der Waals surface area (Å²) in [6, 6.07) is 16.1. The molecule has 0 radical (unpaired) electrons. The second-order valence-electron chi connectivity index (χ2n) is 8.66. The van der Waals surface area contributed by atoms with E-state index in [9.17, 15) is 18.0 Å². The van der Waals surface area contributed by atoms with Crippen molar-refractivity contribution in [2.75, 3.05) is 23.7 Å². The highest BCUT2D eigenvalue weighted by atomic mass is 32.2. The minimum absolute atomic E-state index is 0.0726. The van der Waals surface area contributed by atoms with Crippen LogP contribution in [0.5, 0.6) is 0 Å². The lowest BCUT2D eigenvalue weighted by atomic mass is 10.1. The molecule has 7 nitrogen and oxygen atoms in total. The molecule has 0 saturated carbocycles. The molecule has 1 atom stereocenters. The van der Waals surface area contributed by atoms with Gasteiger partial charge in [-0.15, -0.1) is 0 Å². The van der Waals surface area contributed by atoms with Gasteiger partial charge in [0.15, 0.2) is 0 Å². The molecule has 0 heterocycles. The van der Waals surface area contributed by atoms with Crippen molar-refractivity contribution in [3.63, 3.8) is 0 Å². The van der Waals surface area contributed by atoms with Crippen LogP contribution in [0.25, 0.3) is 0 Å². The van der Waals surface area contributed by atoms with Gasteiger partial charge in [0.1, 0.15) is 12.6 Å². The Hall–Kier alpha value is -2.87. The Balaban J connectivity index is 2.39. The Morgan fingerprint density at radius 1 is 0.971 bits per heavy atom. The summed E-state index contributed by atoms with van der Waals surface area (Å²) in [6.45, 7) is 7.47. The minimum Gasteiger partial charge on any atom is -0.352 e. The second-order valence-corrected chi connectivity index (χ2v) is 10.6. The minimum atomic E-state index is -3.73. The number of aryl methyl sites for hydroxylation is 1. The number of carbonyl (C=O) groups is 2. The number of amides is 2. The Morgan fingerprint density at radius 2 is 1.59 bits per heavy atom. The zero-order chi connectivity index (χ0) is 25.3. The molecule has 2 aromatic rings. The molecule has 1 N–H and O–H groups in total. The van der Waals surface area contributed by atoms with E-state index in [1.807, 2.05) is 70.2 Å². The summed E-state index contributed by atoms with van der Waals surface area (Å²) in [5, 5.41) is 2.90. The quantitative estimate of drug-likeness (QED) is 0.497. The van der Waals surface area contributed by atoms with Gasteiger partial charge in [-0.2, -0.15) is 0 Å². The third kappa shape index (κ3) is 7.58. The summed E-state index contributed by atoms with van der Waals surface area (Å²) >= 11 is 0. The van der Waals surface area contributed by atoms with Gasteiger partial charge >= 0.3 is 0 Å². The fourth-order valence-electron chi connectivity index (χ4n) is 3.92. The second kappa shape index (κ2) is 12.6. The van der Waals surface area contributed by atoms with Crippen molar-refractivity contribution in [2.45, 2.75) is 59.0 Å². The third-order valence-electron chi connectivity index (χ3n) is 5.62. The SMILES string of the molecule is CCc1ccccc1N(CC(=O)N(CCc1ccccc1)C(CC)C(=O)NC(C)C)S(C)(=O)=O. The van der Waals surface area contributed by atoms with Crippen LogP contribution in [0, 0.1) is 0 Å². The molecule has 2 rings (SSSR count). The first-order valence-electron chi connectivity index (χ1n) is 11.8. The predicted octanol–water partition coefficient (Wildman–Crippen LogP) is 3.39. The van der Waals surface area contributed by atoms with Gasteiger partial charge in [-0.25, -0.2) is 8.42 Å². The number of hydrogen-bond acceptors (Lipinski definition) is 4. The van der Waals surface area contributed by atoms with Crippen molar-refractivity contribution in [1.29, 1.82) is 0 Å². The summed E-state index contributed by atoms with van der Waals surface area (Å²) in [5.41, 5.74) is 2.36. The van der Waals surface area contributed by atoms with Crippen molar-refractivity contribution in [3.05, 3.63) is 65.7 Å². The van der Waals surface area contributed by atoms with Crippen LogP contribution in [0.15, 0.2) is 54.6 Å². The van der Waals surface area contributed by atoms with E-state index < -0.39 is 22.0 Å². The van der Waals surface area contributed by atoms with Crippen LogP contribution in [0.3, 0.4) is 0 Å². The zero-order valence-corrected chi connectivity index (χ0v) is 21.6. The van der Waals surface area contributed by atoms with E-state index in [1.54, 1.807) is 12.1 Å². The molecule has 0 aromatic heterocycles. The van der Waals surface area contributed by atoms with E-state index in [-0.39, 0.29) is 18.5 Å². The molecule has 0 bridgehead atoms. The van der Waals surface area contributed by atoms with Crippen molar-refractivity contribution in [3.8, 4) is 0 Å². The number of rotatable bonds is 12. The zero-order valence-electron chi connectivity index (χ0n) is 20.8. The number of nitrogens with zero attached hydrogens (tertiary/aromatic N) is 2. The van der Waals surface area contributed by atoms with Crippen molar-refractivity contribution >= 4 is 27.5 Å². The third-order valence-corrected chi connectivity index (χ3v) is 6.75. The largest absolute Gasteiger partial charge is 0.352 e. The first-order valence-corrected chi connectivity index (χ1v) is 13.6. The summed E-state index contributed by atoms with van der Waals surface area (Å²) in [7, 11) is -3.73. The molecule has 0 saturated heterocycles. The van der Waals surface area contributed by atoms with Crippen LogP contribution in [0.4, 0.5) is 5.69 Å². The molecule has 0 aliphatic rings. The van der Waals surface area contributed by atoms with Gasteiger partial charge in [-0.1, -0.05) is 62.4 Å². The van der Waals surface area contributed by atoms with E-state index in [1.165, 1.54) is 4.90 Å². The standard InChI is InChI=1S/C26H37N3O4S/c1-6-22-15-11-12-16-24(22)29(34(5,32)33)19-25(30)28(18-17-21-13-9-8-10-14-21)23(7-2)26(31)27-20(3)4/h8-16,20,23H,6-7,17-19H2,1-5H3,(H,27,31). The maximum Gasteiger partial charge on any atom is 0.244 e. The molecule has 1 unspecified atom stereocenters. The fraction of sp³-hybridized carbons (Fsp3) is 0.462. The van der Waals surface area contributed by atoms with E-state index >= 15 is 0 Å². The molecule has 34 heavy (non-hydrogen) atoms. The van der Waals surface area contributed by atoms with Gasteiger partial charge in [0.05, 0.1) is 11.9 Å². The lowest BCUT2D eigenvalue weighted by molar-refractivity contribution is -0.139. The maximum atomic E-state index is 13.6. The van der Waals surface area contributed by atoms with E-state index in [2.05, 4.69) is 5.32 Å². The first-order chi connectivity index (χ1) is 16.1. The van der Waals surface area contributed by atoms with E-state index in [4.69, 9.17) is 0 Å². The summed E-state index contributed by atoms with van der Waals surface area (Å²) in [6.07, 6.45) is 2.71. The monoisotopic (exact) mass is 487 g/mol. The number of sulfonamides is 1. The smallest absolute Gasteiger partial charge is 0.244 e. The van der Waals surface area contributed by atoms with Gasteiger partial charge in [0.25, 0.3) is 0 Å². The van der Waals surface area contributed by atoms with E-state index in [0.29, 0.717) is 31.5 Å². The predicted molar refractivity (Wildman–Crippen MR) is 137 cm³/mol. The number of hydrogen-bond donors (Lipinski definition) is 1. The van der Waals surface area contributed by atoms with Crippen LogP contribution in [-0.2, 0) is 32.5 Å². The number of carbonyl (C=O) groups excluding carboxylic acids is 2. The molecule has 8 heteroatoms.